The molecule has 1 atom stereocenters. The van der Waals surface area contributed by atoms with Gasteiger partial charge in [0.25, 0.3) is 0 Å². The van der Waals surface area contributed by atoms with Gasteiger partial charge in [0, 0.05) is 5.02 Å². The molecule has 5 nitrogen and oxygen atoms in total. The van der Waals surface area contributed by atoms with Crippen LogP contribution >= 0.6 is 11.6 Å². The molecule has 0 radical (unpaired) electrons. The zero-order valence-electron chi connectivity index (χ0n) is 14.4. The molecule has 0 spiro atoms. The molecule has 1 aromatic rings. The average molecular weight is 357 g/mol. The van der Waals surface area contributed by atoms with E-state index in [1.165, 1.54) is 0 Å². The van der Waals surface area contributed by atoms with Crippen molar-refractivity contribution in [3.63, 3.8) is 0 Å². The third kappa shape index (κ3) is 8.77. The van der Waals surface area contributed by atoms with E-state index >= 15 is 0 Å². The van der Waals surface area contributed by atoms with Crippen molar-refractivity contribution in [1.29, 1.82) is 0 Å². The number of carboxylic acid groups (broad SMARTS) is 1. The molecule has 0 saturated carbocycles. The van der Waals surface area contributed by atoms with Crippen LogP contribution < -0.4 is 4.74 Å². The number of benzene rings is 1. The summed E-state index contributed by atoms with van der Waals surface area (Å²) in [5, 5.41) is 9.88. The molecule has 0 unspecified atom stereocenters. The van der Waals surface area contributed by atoms with E-state index in [2.05, 4.69) is 0 Å². The quantitative estimate of drug-likeness (QED) is 0.527. The number of carboxylic acids is 1. The van der Waals surface area contributed by atoms with E-state index in [1.807, 2.05) is 0 Å². The average Bonchev–Trinajstić information content (AvgIpc) is 2.45. The Morgan fingerprint density at radius 1 is 1.17 bits per heavy atom. The lowest BCUT2D eigenvalue weighted by Crippen LogP contribution is -2.27. The molecule has 6 heteroatoms. The third-order valence-corrected chi connectivity index (χ3v) is 3.46. The second-order valence-corrected chi connectivity index (χ2v) is 7.06. The standard InChI is InChI=1S/C18H25ClO5/c1-18(2,3)24-16(20)12-13(17(21)22)6-4-5-11-23-15-9-7-14(19)8-10-15/h7-10,13H,4-6,11-12H2,1-3H3,(H,21,22)/t13-/m1/s1. The van der Waals surface area contributed by atoms with Crippen molar-refractivity contribution in [2.24, 2.45) is 5.92 Å². The molecule has 1 aromatic carbocycles. The fourth-order valence-electron chi connectivity index (χ4n) is 2.11. The zero-order valence-corrected chi connectivity index (χ0v) is 15.1. The minimum atomic E-state index is -0.973. The minimum Gasteiger partial charge on any atom is -0.494 e. The summed E-state index contributed by atoms with van der Waals surface area (Å²) >= 11 is 5.79. The van der Waals surface area contributed by atoms with Gasteiger partial charge >= 0.3 is 11.9 Å². The van der Waals surface area contributed by atoms with Gasteiger partial charge in [-0.3, -0.25) is 9.59 Å². The summed E-state index contributed by atoms with van der Waals surface area (Å²) in [7, 11) is 0. The van der Waals surface area contributed by atoms with Gasteiger partial charge in [0.2, 0.25) is 0 Å². The van der Waals surface area contributed by atoms with Crippen LogP contribution in [0.5, 0.6) is 5.75 Å². The van der Waals surface area contributed by atoms with Crippen LogP contribution in [-0.4, -0.2) is 29.3 Å². The molecule has 0 bridgehead atoms. The molecule has 0 saturated heterocycles. The summed E-state index contributed by atoms with van der Waals surface area (Å²) in [5.74, 6) is -1.45. The van der Waals surface area contributed by atoms with E-state index in [9.17, 15) is 14.7 Å². The van der Waals surface area contributed by atoms with Gasteiger partial charge in [-0.1, -0.05) is 11.6 Å². The summed E-state index contributed by atoms with van der Waals surface area (Å²) in [4.78, 5) is 23.0. The number of esters is 1. The molecule has 0 aliphatic carbocycles. The van der Waals surface area contributed by atoms with Gasteiger partial charge in [-0.15, -0.1) is 0 Å². The largest absolute Gasteiger partial charge is 0.494 e. The SMILES string of the molecule is CC(C)(C)OC(=O)C[C@@H](CCCCOc1ccc(Cl)cc1)C(=O)O. The van der Waals surface area contributed by atoms with Crippen molar-refractivity contribution in [3.05, 3.63) is 29.3 Å². The molecule has 134 valence electrons. The Bertz CT molecular complexity index is 533. The first-order chi connectivity index (χ1) is 11.2. The van der Waals surface area contributed by atoms with E-state index < -0.39 is 23.5 Å². The predicted molar refractivity (Wildman–Crippen MR) is 92.4 cm³/mol. The Morgan fingerprint density at radius 3 is 2.33 bits per heavy atom. The fraction of sp³-hybridized carbons (Fsp3) is 0.556. The van der Waals surface area contributed by atoms with Crippen molar-refractivity contribution in [2.75, 3.05) is 6.61 Å². The topological polar surface area (TPSA) is 72.8 Å². The van der Waals surface area contributed by atoms with Crippen LogP contribution in [0.1, 0.15) is 46.5 Å². The molecule has 1 rings (SSSR count). The number of ether oxygens (including phenoxy) is 2. The van der Waals surface area contributed by atoms with Crippen molar-refractivity contribution in [2.45, 2.75) is 52.1 Å². The van der Waals surface area contributed by atoms with Crippen LogP contribution in [0, 0.1) is 5.92 Å². The first kappa shape index (κ1) is 20.3. The number of carbonyl (C=O) groups excluding carboxylic acids is 1. The van der Waals surface area contributed by atoms with Crippen LogP contribution in [0.3, 0.4) is 0 Å². The van der Waals surface area contributed by atoms with Crippen LogP contribution in [-0.2, 0) is 14.3 Å². The molecular formula is C18H25ClO5. The van der Waals surface area contributed by atoms with Crippen molar-refractivity contribution >= 4 is 23.5 Å². The normalized spacial score (nSPS) is 12.5. The lowest BCUT2D eigenvalue weighted by atomic mass is 9.98. The number of hydrogen-bond donors (Lipinski definition) is 1. The maximum Gasteiger partial charge on any atom is 0.307 e. The number of carbonyl (C=O) groups is 2. The molecule has 0 aromatic heterocycles. The highest BCUT2D eigenvalue weighted by atomic mass is 35.5. The molecule has 0 aliphatic rings. The van der Waals surface area contributed by atoms with Gasteiger partial charge in [-0.05, 0) is 64.3 Å². The first-order valence-corrected chi connectivity index (χ1v) is 8.38. The van der Waals surface area contributed by atoms with Gasteiger partial charge < -0.3 is 14.6 Å². The number of aliphatic carboxylic acids is 1. The third-order valence-electron chi connectivity index (χ3n) is 3.21. The lowest BCUT2D eigenvalue weighted by molar-refractivity contribution is -0.160. The van der Waals surface area contributed by atoms with Gasteiger partial charge in [-0.2, -0.15) is 0 Å². The minimum absolute atomic E-state index is 0.107. The molecule has 0 amide bonds. The second kappa shape index (κ2) is 9.52. The predicted octanol–water partition coefficient (Wildman–Crippen LogP) is 4.32. The summed E-state index contributed by atoms with van der Waals surface area (Å²) in [6, 6.07) is 7.06. The highest BCUT2D eigenvalue weighted by molar-refractivity contribution is 6.30. The van der Waals surface area contributed by atoms with Crippen LogP contribution in [0.25, 0.3) is 0 Å². The fourth-order valence-corrected chi connectivity index (χ4v) is 2.24. The van der Waals surface area contributed by atoms with Crippen LogP contribution in [0.15, 0.2) is 24.3 Å². The zero-order chi connectivity index (χ0) is 18.2. The smallest absolute Gasteiger partial charge is 0.307 e. The van der Waals surface area contributed by atoms with Gasteiger partial charge in [0.1, 0.15) is 11.4 Å². The Labute approximate surface area is 147 Å². The second-order valence-electron chi connectivity index (χ2n) is 6.62. The molecule has 24 heavy (non-hydrogen) atoms. The number of unbranched alkanes of at least 4 members (excludes halogenated alkanes) is 1. The summed E-state index contributed by atoms with van der Waals surface area (Å²) in [6.45, 7) is 5.76. The number of hydrogen-bond acceptors (Lipinski definition) is 4. The monoisotopic (exact) mass is 356 g/mol. The Hall–Kier alpha value is -1.75. The Morgan fingerprint density at radius 2 is 1.79 bits per heavy atom. The molecular weight excluding hydrogens is 332 g/mol. The molecule has 0 heterocycles. The van der Waals surface area contributed by atoms with Crippen LogP contribution in [0.2, 0.25) is 5.02 Å². The van der Waals surface area contributed by atoms with Crippen molar-refractivity contribution < 1.29 is 24.2 Å². The molecule has 0 aliphatic heterocycles. The Kier molecular flexibility index (Phi) is 8.05. The van der Waals surface area contributed by atoms with E-state index in [0.717, 1.165) is 5.75 Å². The highest BCUT2D eigenvalue weighted by Crippen LogP contribution is 2.18. The van der Waals surface area contributed by atoms with Gasteiger partial charge in [0.15, 0.2) is 0 Å². The highest BCUT2D eigenvalue weighted by Gasteiger charge is 2.24. The van der Waals surface area contributed by atoms with E-state index in [1.54, 1.807) is 45.0 Å². The van der Waals surface area contributed by atoms with Crippen LogP contribution in [0.4, 0.5) is 0 Å². The number of rotatable bonds is 9. The summed E-state index contributed by atoms with van der Waals surface area (Å²) in [5.41, 5.74) is -0.605. The number of halogens is 1. The van der Waals surface area contributed by atoms with E-state index in [4.69, 9.17) is 21.1 Å². The van der Waals surface area contributed by atoms with Gasteiger partial charge in [0.05, 0.1) is 18.9 Å². The van der Waals surface area contributed by atoms with Gasteiger partial charge in [-0.25, -0.2) is 0 Å². The van der Waals surface area contributed by atoms with E-state index in [-0.39, 0.29) is 6.42 Å². The molecule has 0 fully saturated rings. The molecule has 1 N–H and O–H groups in total. The Balaban J connectivity index is 2.29. The van der Waals surface area contributed by atoms with E-state index in [0.29, 0.717) is 30.9 Å². The summed E-state index contributed by atoms with van der Waals surface area (Å²) < 4.78 is 10.7. The van der Waals surface area contributed by atoms with Crippen molar-refractivity contribution in [3.8, 4) is 5.75 Å². The maximum atomic E-state index is 11.8. The lowest BCUT2D eigenvalue weighted by Gasteiger charge is -2.21. The summed E-state index contributed by atoms with van der Waals surface area (Å²) in [6.07, 6.45) is 1.68. The van der Waals surface area contributed by atoms with Crippen molar-refractivity contribution in [1.82, 2.24) is 0 Å². The first-order valence-electron chi connectivity index (χ1n) is 8.00. The maximum absolute atomic E-state index is 11.8.